The van der Waals surface area contributed by atoms with Gasteiger partial charge in [0.05, 0.1) is 0 Å². The number of thiophene rings is 1. The van der Waals surface area contributed by atoms with Gasteiger partial charge in [0.25, 0.3) is 0 Å². The predicted molar refractivity (Wildman–Crippen MR) is 66.3 cm³/mol. The third-order valence-electron chi connectivity index (χ3n) is 2.16. The normalized spacial score (nSPS) is 20.9. The molecule has 0 N–H and O–H groups in total. The van der Waals surface area contributed by atoms with Crippen molar-refractivity contribution in [2.75, 3.05) is 23.0 Å². The van der Waals surface area contributed by atoms with E-state index in [2.05, 4.69) is 41.0 Å². The first-order valence-corrected chi connectivity index (χ1v) is 7.84. The van der Waals surface area contributed by atoms with E-state index in [0.717, 1.165) is 5.92 Å². The molecule has 1 aromatic rings. The van der Waals surface area contributed by atoms with Crippen molar-refractivity contribution in [2.24, 2.45) is 0 Å². The van der Waals surface area contributed by atoms with Gasteiger partial charge in [0.15, 0.2) is 0 Å². The molecule has 1 saturated heterocycles. The Morgan fingerprint density at radius 3 is 2.54 bits per heavy atom. The molecule has 0 aromatic carbocycles. The van der Waals surface area contributed by atoms with Crippen LogP contribution in [-0.2, 0) is 0 Å². The molecular formula is C10H14S3. The summed E-state index contributed by atoms with van der Waals surface area (Å²) in [6.45, 7) is 0. The molecule has 0 spiro atoms. The minimum absolute atomic E-state index is 0.815. The predicted octanol–water partition coefficient (Wildman–Crippen LogP) is 3.70. The summed E-state index contributed by atoms with van der Waals surface area (Å²) in [5.74, 6) is 6.18. The maximum absolute atomic E-state index is 2.29. The van der Waals surface area contributed by atoms with Gasteiger partial charge in [-0.1, -0.05) is 6.07 Å². The van der Waals surface area contributed by atoms with Gasteiger partial charge in [-0.05, 0) is 29.4 Å². The molecular weight excluding hydrogens is 216 g/mol. The minimum Gasteiger partial charge on any atom is -0.161 e. The summed E-state index contributed by atoms with van der Waals surface area (Å²) >= 11 is 6.18. The molecule has 0 atom stereocenters. The fraction of sp³-hybridized carbons (Fsp3) is 0.600. The zero-order chi connectivity index (χ0) is 8.93. The van der Waals surface area contributed by atoms with Crippen molar-refractivity contribution >= 4 is 34.9 Å². The maximum atomic E-state index is 2.29. The lowest BCUT2D eigenvalue weighted by atomic mass is 10.2. The standard InChI is InChI=1S/C10H14S3/c1-3-10(13-6-1)9-7-11-4-2-5-12-8-9/h1,3,6,9H,2,4-5,7-8H2. The molecule has 0 aliphatic carbocycles. The average molecular weight is 230 g/mol. The van der Waals surface area contributed by atoms with E-state index in [0.29, 0.717) is 0 Å². The van der Waals surface area contributed by atoms with Gasteiger partial charge >= 0.3 is 0 Å². The summed E-state index contributed by atoms with van der Waals surface area (Å²) in [5.41, 5.74) is 0. The average Bonchev–Trinajstić information content (AvgIpc) is 2.55. The lowest BCUT2D eigenvalue weighted by Gasteiger charge is -2.17. The Morgan fingerprint density at radius 1 is 1.15 bits per heavy atom. The lowest BCUT2D eigenvalue weighted by Crippen LogP contribution is -2.07. The van der Waals surface area contributed by atoms with Gasteiger partial charge < -0.3 is 0 Å². The van der Waals surface area contributed by atoms with Crippen LogP contribution in [-0.4, -0.2) is 23.0 Å². The highest BCUT2D eigenvalue weighted by atomic mass is 32.2. The Hall–Kier alpha value is 0.400. The van der Waals surface area contributed by atoms with Crippen LogP contribution in [0.4, 0.5) is 0 Å². The molecule has 1 aromatic heterocycles. The van der Waals surface area contributed by atoms with Gasteiger partial charge in [-0.2, -0.15) is 23.5 Å². The van der Waals surface area contributed by atoms with Gasteiger partial charge in [0.2, 0.25) is 0 Å². The number of hydrogen-bond donors (Lipinski definition) is 0. The van der Waals surface area contributed by atoms with Crippen molar-refractivity contribution in [3.63, 3.8) is 0 Å². The molecule has 72 valence electrons. The molecule has 0 amide bonds. The first kappa shape index (κ1) is 9.94. The van der Waals surface area contributed by atoms with Crippen LogP contribution in [0.3, 0.4) is 0 Å². The molecule has 13 heavy (non-hydrogen) atoms. The van der Waals surface area contributed by atoms with Crippen LogP contribution in [0.25, 0.3) is 0 Å². The van der Waals surface area contributed by atoms with Crippen LogP contribution in [0.2, 0.25) is 0 Å². The summed E-state index contributed by atoms with van der Waals surface area (Å²) in [7, 11) is 0. The lowest BCUT2D eigenvalue weighted by molar-refractivity contribution is 0.908. The maximum Gasteiger partial charge on any atom is 0.0114 e. The van der Waals surface area contributed by atoms with E-state index in [-0.39, 0.29) is 0 Å². The quantitative estimate of drug-likeness (QED) is 0.721. The van der Waals surface area contributed by atoms with Crippen LogP contribution >= 0.6 is 34.9 Å². The second kappa shape index (κ2) is 5.32. The van der Waals surface area contributed by atoms with E-state index in [9.17, 15) is 0 Å². The van der Waals surface area contributed by atoms with Crippen LogP contribution in [0.1, 0.15) is 17.2 Å². The van der Waals surface area contributed by atoms with Crippen LogP contribution in [0.15, 0.2) is 17.5 Å². The monoisotopic (exact) mass is 230 g/mol. The summed E-state index contributed by atoms with van der Waals surface area (Å²) in [4.78, 5) is 1.59. The Kier molecular flexibility index (Phi) is 4.07. The summed E-state index contributed by atoms with van der Waals surface area (Å²) < 4.78 is 0. The minimum atomic E-state index is 0.815. The number of rotatable bonds is 1. The highest BCUT2D eigenvalue weighted by Gasteiger charge is 2.14. The van der Waals surface area contributed by atoms with Crippen LogP contribution in [0.5, 0.6) is 0 Å². The molecule has 2 heterocycles. The van der Waals surface area contributed by atoms with Crippen molar-refractivity contribution in [1.82, 2.24) is 0 Å². The van der Waals surface area contributed by atoms with Crippen LogP contribution < -0.4 is 0 Å². The molecule has 0 bridgehead atoms. The molecule has 0 saturated carbocycles. The number of thioether (sulfide) groups is 2. The van der Waals surface area contributed by atoms with E-state index in [1.165, 1.54) is 29.4 Å². The van der Waals surface area contributed by atoms with Gasteiger partial charge in [-0.15, -0.1) is 11.3 Å². The summed E-state index contributed by atoms with van der Waals surface area (Å²) in [6, 6.07) is 4.46. The smallest absolute Gasteiger partial charge is 0.0114 e. The molecule has 0 unspecified atom stereocenters. The molecule has 1 aliphatic heterocycles. The zero-order valence-electron chi connectivity index (χ0n) is 7.57. The molecule has 2 rings (SSSR count). The zero-order valence-corrected chi connectivity index (χ0v) is 10.0. The first-order valence-electron chi connectivity index (χ1n) is 4.66. The highest BCUT2D eigenvalue weighted by Crippen LogP contribution is 2.30. The van der Waals surface area contributed by atoms with Crippen molar-refractivity contribution in [1.29, 1.82) is 0 Å². The van der Waals surface area contributed by atoms with Gasteiger partial charge in [-0.25, -0.2) is 0 Å². The second-order valence-corrected chi connectivity index (χ2v) is 6.49. The molecule has 1 aliphatic rings. The Labute approximate surface area is 92.5 Å². The fourth-order valence-corrected chi connectivity index (χ4v) is 5.02. The highest BCUT2D eigenvalue weighted by molar-refractivity contribution is 8.00. The topological polar surface area (TPSA) is 0 Å². The van der Waals surface area contributed by atoms with E-state index < -0.39 is 0 Å². The SMILES string of the molecule is c1csc(C2CSCCCSC2)c1. The van der Waals surface area contributed by atoms with Gasteiger partial charge in [0.1, 0.15) is 0 Å². The molecule has 0 radical (unpaired) electrons. The van der Waals surface area contributed by atoms with E-state index in [1.54, 1.807) is 4.88 Å². The van der Waals surface area contributed by atoms with Crippen LogP contribution in [0, 0.1) is 0 Å². The van der Waals surface area contributed by atoms with Crippen molar-refractivity contribution in [3.05, 3.63) is 22.4 Å². The Morgan fingerprint density at radius 2 is 1.92 bits per heavy atom. The van der Waals surface area contributed by atoms with Crippen molar-refractivity contribution in [2.45, 2.75) is 12.3 Å². The van der Waals surface area contributed by atoms with Crippen molar-refractivity contribution < 1.29 is 0 Å². The first-order chi connectivity index (χ1) is 6.47. The van der Waals surface area contributed by atoms with E-state index in [1.807, 2.05) is 11.3 Å². The fourth-order valence-electron chi connectivity index (χ4n) is 1.45. The Balaban J connectivity index is 1.96. The molecule has 3 heteroatoms. The summed E-state index contributed by atoms with van der Waals surface area (Å²) in [5, 5.41) is 2.20. The molecule has 0 nitrogen and oxygen atoms in total. The van der Waals surface area contributed by atoms with Gasteiger partial charge in [-0.3, -0.25) is 0 Å². The van der Waals surface area contributed by atoms with E-state index >= 15 is 0 Å². The van der Waals surface area contributed by atoms with Gasteiger partial charge in [0, 0.05) is 22.3 Å². The third kappa shape index (κ3) is 2.93. The largest absolute Gasteiger partial charge is 0.161 e. The van der Waals surface area contributed by atoms with E-state index in [4.69, 9.17) is 0 Å². The third-order valence-corrected chi connectivity index (χ3v) is 5.63. The number of hydrogen-bond acceptors (Lipinski definition) is 3. The Bertz CT molecular complexity index is 222. The van der Waals surface area contributed by atoms with Crippen molar-refractivity contribution in [3.8, 4) is 0 Å². The second-order valence-electron chi connectivity index (χ2n) is 3.22. The summed E-state index contributed by atoms with van der Waals surface area (Å²) in [6.07, 6.45) is 1.40. The molecule has 1 fully saturated rings.